The summed E-state index contributed by atoms with van der Waals surface area (Å²) in [5, 5.41) is 0. The van der Waals surface area contributed by atoms with Crippen LogP contribution < -0.4 is 10.5 Å². The van der Waals surface area contributed by atoms with Gasteiger partial charge in [-0.3, -0.25) is 0 Å². The van der Waals surface area contributed by atoms with Crippen molar-refractivity contribution in [2.75, 3.05) is 0 Å². The highest BCUT2D eigenvalue weighted by Gasteiger charge is 2.23. The predicted octanol–water partition coefficient (Wildman–Crippen LogP) is 2.55. The van der Waals surface area contributed by atoms with E-state index in [1.54, 1.807) is 12.1 Å². The highest BCUT2D eigenvalue weighted by atomic mass is 79.9. The van der Waals surface area contributed by atoms with Crippen molar-refractivity contribution < 1.29 is 8.42 Å². The number of halogens is 2. The van der Waals surface area contributed by atoms with E-state index in [-0.39, 0.29) is 9.88 Å². The fourth-order valence-electron chi connectivity index (χ4n) is 1.28. The Morgan fingerprint density at radius 1 is 1.50 bits per heavy atom. The minimum atomic E-state index is -3.66. The van der Waals surface area contributed by atoms with E-state index >= 15 is 0 Å². The van der Waals surface area contributed by atoms with E-state index in [2.05, 4.69) is 36.6 Å². The number of thiocarbonyl (C=S) groups is 1. The van der Waals surface area contributed by atoms with Crippen LogP contribution >= 0.6 is 44.1 Å². The summed E-state index contributed by atoms with van der Waals surface area (Å²) >= 11 is 11.3. The molecule has 1 atom stereocenters. The van der Waals surface area contributed by atoms with Crippen molar-refractivity contribution in [1.29, 1.82) is 0 Å². The van der Waals surface area contributed by atoms with Gasteiger partial charge in [0.25, 0.3) is 0 Å². The van der Waals surface area contributed by atoms with E-state index in [1.807, 2.05) is 6.92 Å². The number of sulfonamides is 1. The van der Waals surface area contributed by atoms with E-state index in [9.17, 15) is 8.42 Å². The van der Waals surface area contributed by atoms with Crippen molar-refractivity contribution in [2.45, 2.75) is 24.3 Å². The molecule has 0 radical (unpaired) electrons. The van der Waals surface area contributed by atoms with E-state index in [0.29, 0.717) is 15.4 Å². The molecule has 3 N–H and O–H groups in total. The van der Waals surface area contributed by atoms with Crippen LogP contribution in [-0.2, 0) is 10.0 Å². The van der Waals surface area contributed by atoms with Crippen LogP contribution in [0.15, 0.2) is 32.0 Å². The molecule has 0 bridgehead atoms. The molecule has 1 rings (SSSR count). The van der Waals surface area contributed by atoms with E-state index in [1.165, 1.54) is 6.07 Å². The van der Waals surface area contributed by atoms with Gasteiger partial charge in [-0.25, -0.2) is 13.1 Å². The number of hydrogen-bond acceptors (Lipinski definition) is 3. The van der Waals surface area contributed by atoms with Gasteiger partial charge in [-0.15, -0.1) is 0 Å². The molecule has 1 aromatic carbocycles. The number of hydrogen-bond donors (Lipinski definition) is 2. The molecule has 0 amide bonds. The van der Waals surface area contributed by atoms with Gasteiger partial charge in [-0.2, -0.15) is 0 Å². The predicted molar refractivity (Wildman–Crippen MR) is 83.0 cm³/mol. The first kappa shape index (κ1) is 16.0. The fraction of sp³-hybridized carbons (Fsp3) is 0.300. The Morgan fingerprint density at radius 3 is 2.61 bits per heavy atom. The molecule has 1 unspecified atom stereocenters. The third kappa shape index (κ3) is 3.99. The van der Waals surface area contributed by atoms with E-state index < -0.39 is 16.1 Å². The lowest BCUT2D eigenvalue weighted by Gasteiger charge is -2.16. The van der Waals surface area contributed by atoms with Crippen LogP contribution in [0.5, 0.6) is 0 Å². The van der Waals surface area contributed by atoms with Crippen LogP contribution in [0.2, 0.25) is 0 Å². The zero-order valence-electron chi connectivity index (χ0n) is 9.48. The van der Waals surface area contributed by atoms with Crippen molar-refractivity contribution in [1.82, 2.24) is 4.72 Å². The normalized spacial score (nSPS) is 13.3. The zero-order chi connectivity index (χ0) is 13.9. The maximum absolute atomic E-state index is 12.2. The van der Waals surface area contributed by atoms with Gasteiger partial charge in [0.2, 0.25) is 10.0 Å². The van der Waals surface area contributed by atoms with Crippen molar-refractivity contribution in [3.63, 3.8) is 0 Å². The first-order valence-electron chi connectivity index (χ1n) is 5.04. The van der Waals surface area contributed by atoms with Gasteiger partial charge >= 0.3 is 0 Å². The first-order chi connectivity index (χ1) is 8.27. The number of rotatable bonds is 5. The summed E-state index contributed by atoms with van der Waals surface area (Å²) in [6.07, 6.45) is 0.500. The molecule has 4 nitrogen and oxygen atoms in total. The van der Waals surface area contributed by atoms with Gasteiger partial charge in [0.05, 0.1) is 15.9 Å². The van der Waals surface area contributed by atoms with Gasteiger partial charge in [0.1, 0.15) is 0 Å². The highest BCUT2D eigenvalue weighted by molar-refractivity contribution is 9.11. The molecule has 0 saturated carbocycles. The Morgan fingerprint density at radius 2 is 2.11 bits per heavy atom. The maximum atomic E-state index is 12.2. The summed E-state index contributed by atoms with van der Waals surface area (Å²) in [6.45, 7) is 1.81. The van der Waals surface area contributed by atoms with E-state index in [4.69, 9.17) is 18.0 Å². The van der Waals surface area contributed by atoms with E-state index in [0.717, 1.165) is 0 Å². The second kappa shape index (κ2) is 6.42. The molecule has 0 heterocycles. The summed E-state index contributed by atoms with van der Waals surface area (Å²) in [7, 11) is -3.66. The van der Waals surface area contributed by atoms with Crippen LogP contribution in [0.25, 0.3) is 0 Å². The molecule has 0 saturated heterocycles. The van der Waals surface area contributed by atoms with Crippen LogP contribution in [-0.4, -0.2) is 19.4 Å². The maximum Gasteiger partial charge on any atom is 0.242 e. The molecule has 100 valence electrons. The summed E-state index contributed by atoms with van der Waals surface area (Å²) < 4.78 is 28.0. The average molecular weight is 416 g/mol. The second-order valence-electron chi connectivity index (χ2n) is 3.56. The molecule has 0 aliphatic carbocycles. The molecule has 18 heavy (non-hydrogen) atoms. The molecule has 0 aliphatic heterocycles. The molecule has 0 aliphatic rings. The summed E-state index contributed by atoms with van der Waals surface area (Å²) in [6, 6.07) is 4.36. The molecule has 1 aromatic rings. The Bertz CT molecular complexity index is 561. The first-order valence-corrected chi connectivity index (χ1v) is 8.52. The van der Waals surface area contributed by atoms with Gasteiger partial charge in [-0.1, -0.05) is 35.1 Å². The fourth-order valence-corrected chi connectivity index (χ4v) is 4.38. The molecular formula is C10H12Br2N2O2S2. The lowest BCUT2D eigenvalue weighted by Crippen LogP contribution is -2.42. The minimum Gasteiger partial charge on any atom is -0.392 e. The highest BCUT2D eigenvalue weighted by Crippen LogP contribution is 2.25. The monoisotopic (exact) mass is 414 g/mol. The third-order valence-corrected chi connectivity index (χ3v) is 5.48. The quantitative estimate of drug-likeness (QED) is 0.724. The molecular weight excluding hydrogens is 404 g/mol. The van der Waals surface area contributed by atoms with Crippen molar-refractivity contribution in [2.24, 2.45) is 5.73 Å². The Labute approximate surface area is 129 Å². The summed E-state index contributed by atoms with van der Waals surface area (Å²) in [5.74, 6) is 0. The van der Waals surface area contributed by atoms with Crippen LogP contribution in [0.1, 0.15) is 13.3 Å². The lowest BCUT2D eigenvalue weighted by molar-refractivity contribution is 0.572. The molecule has 0 fully saturated rings. The number of nitrogens with two attached hydrogens (primary N) is 1. The van der Waals surface area contributed by atoms with Crippen LogP contribution in [0, 0.1) is 0 Å². The zero-order valence-corrected chi connectivity index (χ0v) is 14.3. The smallest absolute Gasteiger partial charge is 0.242 e. The largest absolute Gasteiger partial charge is 0.392 e. The van der Waals surface area contributed by atoms with Gasteiger partial charge < -0.3 is 5.73 Å². The Kier molecular flexibility index (Phi) is 5.72. The second-order valence-corrected chi connectivity index (χ2v) is 7.48. The molecule has 0 aromatic heterocycles. The average Bonchev–Trinajstić information content (AvgIpc) is 2.28. The number of benzene rings is 1. The van der Waals surface area contributed by atoms with Crippen molar-refractivity contribution >= 4 is 59.1 Å². The minimum absolute atomic E-state index is 0.132. The van der Waals surface area contributed by atoms with Crippen molar-refractivity contribution in [3.8, 4) is 0 Å². The van der Waals surface area contributed by atoms with Crippen LogP contribution in [0.4, 0.5) is 0 Å². The standard InChI is InChI=1S/C10H12Br2N2O2S2/c1-2-8(10(13)17)14-18(15,16)9-5-6(11)3-4-7(9)12/h3-5,8,14H,2H2,1H3,(H2,13,17). The Hall–Kier alpha value is -0.0200. The van der Waals surface area contributed by atoms with Gasteiger partial charge in [0.15, 0.2) is 0 Å². The SMILES string of the molecule is CCC(NS(=O)(=O)c1cc(Br)ccc1Br)C(N)=S. The third-order valence-electron chi connectivity index (χ3n) is 2.23. The summed E-state index contributed by atoms with van der Waals surface area (Å²) in [5.41, 5.74) is 5.48. The Balaban J connectivity index is 3.14. The number of nitrogens with one attached hydrogen (secondary N) is 1. The summed E-state index contributed by atoms with van der Waals surface area (Å²) in [4.78, 5) is 0.277. The molecule has 8 heteroatoms. The van der Waals surface area contributed by atoms with Crippen LogP contribution in [0.3, 0.4) is 0 Å². The molecule has 0 spiro atoms. The van der Waals surface area contributed by atoms with Crippen molar-refractivity contribution in [3.05, 3.63) is 27.1 Å². The topological polar surface area (TPSA) is 72.2 Å². The lowest BCUT2D eigenvalue weighted by atomic mass is 10.2. The van der Waals surface area contributed by atoms with Gasteiger partial charge in [0, 0.05) is 8.95 Å². The van der Waals surface area contributed by atoms with Gasteiger partial charge in [-0.05, 0) is 40.5 Å².